The average Bonchev–Trinajstić information content (AvgIpc) is 2.74. The van der Waals surface area contributed by atoms with Crippen LogP contribution in [0.2, 0.25) is 0 Å². The van der Waals surface area contributed by atoms with E-state index >= 15 is 0 Å². The fourth-order valence-corrected chi connectivity index (χ4v) is 3.59. The number of rotatable bonds is 6. The van der Waals surface area contributed by atoms with Gasteiger partial charge in [0.15, 0.2) is 0 Å². The Hall–Kier alpha value is -0.460. The van der Waals surface area contributed by atoms with Crippen LogP contribution in [-0.4, -0.2) is 10.9 Å². The van der Waals surface area contributed by atoms with Crippen molar-refractivity contribution < 1.29 is 4.79 Å². The molecule has 0 fully saturated rings. The van der Waals surface area contributed by atoms with E-state index in [1.807, 2.05) is 25.3 Å². The van der Waals surface area contributed by atoms with E-state index in [-0.39, 0.29) is 10.9 Å². The Morgan fingerprint density at radius 2 is 2.17 bits per heavy atom. The lowest BCUT2D eigenvalue weighted by atomic mass is 9.81. The molecule has 0 saturated heterocycles. The lowest BCUT2D eigenvalue weighted by Gasteiger charge is -2.28. The smallest absolute Gasteiger partial charge is 0.233 e. The molecule has 0 spiro atoms. The molecular formula is C12H17BrN2OS2. The molecule has 0 aromatic carbocycles. The van der Waals surface area contributed by atoms with Crippen molar-refractivity contribution in [3.63, 3.8) is 0 Å². The minimum absolute atomic E-state index is 0.0791. The molecule has 1 aromatic rings. The molecule has 1 aromatic heterocycles. The maximum absolute atomic E-state index is 12.3. The summed E-state index contributed by atoms with van der Waals surface area (Å²) in [5, 5.41) is 4.91. The summed E-state index contributed by atoms with van der Waals surface area (Å²) in [5.41, 5.74) is 5.01. The second kappa shape index (κ2) is 6.63. The Balaban J connectivity index is 2.71. The number of thiophene rings is 1. The predicted octanol–water partition coefficient (Wildman–Crippen LogP) is 3.22. The number of hydrogen-bond acceptors (Lipinski definition) is 3. The van der Waals surface area contributed by atoms with Gasteiger partial charge in [-0.3, -0.25) is 4.79 Å². The first kappa shape index (κ1) is 15.6. The van der Waals surface area contributed by atoms with Crippen molar-refractivity contribution in [1.82, 2.24) is 5.32 Å². The Morgan fingerprint density at radius 3 is 2.56 bits per heavy atom. The monoisotopic (exact) mass is 348 g/mol. The van der Waals surface area contributed by atoms with Gasteiger partial charge in [-0.2, -0.15) is 0 Å². The summed E-state index contributed by atoms with van der Waals surface area (Å²) >= 11 is 10.0. The number of carbonyl (C=O) groups is 1. The van der Waals surface area contributed by atoms with Crippen LogP contribution < -0.4 is 11.1 Å². The van der Waals surface area contributed by atoms with Gasteiger partial charge in [0.2, 0.25) is 5.91 Å². The summed E-state index contributed by atoms with van der Waals surface area (Å²) in [7, 11) is 0. The number of amides is 1. The average molecular weight is 349 g/mol. The molecule has 100 valence electrons. The molecule has 0 aliphatic rings. The van der Waals surface area contributed by atoms with Crippen molar-refractivity contribution in [2.75, 3.05) is 0 Å². The van der Waals surface area contributed by atoms with Crippen LogP contribution in [0.3, 0.4) is 0 Å². The van der Waals surface area contributed by atoms with Crippen LogP contribution in [0.5, 0.6) is 0 Å². The van der Waals surface area contributed by atoms with Crippen LogP contribution in [0.4, 0.5) is 0 Å². The molecular weight excluding hydrogens is 332 g/mol. The van der Waals surface area contributed by atoms with Gasteiger partial charge < -0.3 is 11.1 Å². The van der Waals surface area contributed by atoms with Crippen LogP contribution in [0, 0.1) is 5.41 Å². The third-order valence-corrected chi connectivity index (χ3v) is 5.25. The molecule has 1 amide bonds. The van der Waals surface area contributed by atoms with E-state index in [9.17, 15) is 4.79 Å². The minimum Gasteiger partial charge on any atom is -0.392 e. The third-order valence-electron chi connectivity index (χ3n) is 3.16. The van der Waals surface area contributed by atoms with Crippen molar-refractivity contribution in [2.24, 2.45) is 11.1 Å². The van der Waals surface area contributed by atoms with E-state index < -0.39 is 5.41 Å². The third kappa shape index (κ3) is 3.30. The summed E-state index contributed by atoms with van der Waals surface area (Å²) in [6, 6.07) is 1.99. The first-order valence-corrected chi connectivity index (χ1v) is 7.85. The van der Waals surface area contributed by atoms with E-state index in [0.717, 1.165) is 9.35 Å². The number of nitrogens with one attached hydrogen (secondary N) is 1. The number of carbonyl (C=O) groups excluding carboxylic acids is 1. The van der Waals surface area contributed by atoms with Gasteiger partial charge in [-0.05, 0) is 34.8 Å². The van der Waals surface area contributed by atoms with Gasteiger partial charge in [0.05, 0.1) is 16.9 Å². The van der Waals surface area contributed by atoms with Crippen LogP contribution >= 0.6 is 39.5 Å². The largest absolute Gasteiger partial charge is 0.392 e. The molecule has 3 N–H and O–H groups in total. The second-order valence-corrected chi connectivity index (χ2v) is 6.42. The zero-order valence-electron chi connectivity index (χ0n) is 10.5. The predicted molar refractivity (Wildman–Crippen MR) is 83.7 cm³/mol. The second-order valence-electron chi connectivity index (χ2n) is 4.07. The van der Waals surface area contributed by atoms with Gasteiger partial charge in [-0.25, -0.2) is 0 Å². The molecule has 1 rings (SSSR count). The van der Waals surface area contributed by atoms with E-state index in [4.69, 9.17) is 18.0 Å². The zero-order valence-corrected chi connectivity index (χ0v) is 13.7. The van der Waals surface area contributed by atoms with Crippen LogP contribution in [0.25, 0.3) is 0 Å². The summed E-state index contributed by atoms with van der Waals surface area (Å²) in [4.78, 5) is 13.6. The first-order valence-electron chi connectivity index (χ1n) is 5.77. The molecule has 0 aliphatic carbocycles. The highest BCUT2D eigenvalue weighted by Crippen LogP contribution is 2.27. The number of thiocarbonyl (C=S) groups is 1. The Kier molecular flexibility index (Phi) is 5.75. The molecule has 18 heavy (non-hydrogen) atoms. The van der Waals surface area contributed by atoms with Crippen molar-refractivity contribution in [1.29, 1.82) is 0 Å². The van der Waals surface area contributed by atoms with Gasteiger partial charge in [-0.1, -0.05) is 26.1 Å². The molecule has 6 heteroatoms. The maximum atomic E-state index is 12.3. The van der Waals surface area contributed by atoms with E-state index in [0.29, 0.717) is 19.4 Å². The van der Waals surface area contributed by atoms with E-state index in [2.05, 4.69) is 21.2 Å². The normalized spacial score (nSPS) is 11.3. The van der Waals surface area contributed by atoms with Crippen LogP contribution in [0.15, 0.2) is 15.9 Å². The van der Waals surface area contributed by atoms with Gasteiger partial charge >= 0.3 is 0 Å². The highest BCUT2D eigenvalue weighted by Gasteiger charge is 2.37. The summed E-state index contributed by atoms with van der Waals surface area (Å²) in [6.45, 7) is 4.38. The quantitative estimate of drug-likeness (QED) is 0.776. The topological polar surface area (TPSA) is 55.1 Å². The SMILES string of the molecule is CCC(CC)(C(=O)NCc1cc(Br)cs1)C(N)=S. The molecule has 0 unspecified atom stereocenters. The van der Waals surface area contributed by atoms with E-state index in [1.54, 1.807) is 11.3 Å². The van der Waals surface area contributed by atoms with Crippen molar-refractivity contribution in [3.8, 4) is 0 Å². The Labute approximate surface area is 125 Å². The van der Waals surface area contributed by atoms with Crippen LogP contribution in [-0.2, 0) is 11.3 Å². The summed E-state index contributed by atoms with van der Waals surface area (Å²) in [5.74, 6) is -0.0791. The van der Waals surface area contributed by atoms with Crippen molar-refractivity contribution in [3.05, 3.63) is 20.8 Å². The van der Waals surface area contributed by atoms with Gasteiger partial charge in [0.1, 0.15) is 0 Å². The molecule has 0 atom stereocenters. The molecule has 0 bridgehead atoms. The number of hydrogen-bond donors (Lipinski definition) is 2. The molecule has 0 aliphatic heterocycles. The lowest BCUT2D eigenvalue weighted by Crippen LogP contribution is -2.48. The fourth-order valence-electron chi connectivity index (χ4n) is 1.81. The maximum Gasteiger partial charge on any atom is 0.233 e. The van der Waals surface area contributed by atoms with Crippen LogP contribution in [0.1, 0.15) is 31.6 Å². The van der Waals surface area contributed by atoms with Gasteiger partial charge in [0.25, 0.3) is 0 Å². The zero-order chi connectivity index (χ0) is 13.8. The minimum atomic E-state index is -0.718. The first-order chi connectivity index (χ1) is 8.46. The molecule has 3 nitrogen and oxygen atoms in total. The van der Waals surface area contributed by atoms with E-state index in [1.165, 1.54) is 0 Å². The summed E-state index contributed by atoms with van der Waals surface area (Å²) in [6.07, 6.45) is 1.25. The standard InChI is InChI=1S/C12H17BrN2OS2/c1-3-12(4-2,10(14)17)11(16)15-6-9-5-8(13)7-18-9/h5,7H,3-4,6H2,1-2H3,(H2,14,17)(H,15,16). The molecule has 0 saturated carbocycles. The Bertz CT molecular complexity index is 441. The highest BCUT2D eigenvalue weighted by molar-refractivity contribution is 9.10. The summed E-state index contributed by atoms with van der Waals surface area (Å²) < 4.78 is 1.03. The highest BCUT2D eigenvalue weighted by atomic mass is 79.9. The lowest BCUT2D eigenvalue weighted by molar-refractivity contribution is -0.128. The number of halogens is 1. The van der Waals surface area contributed by atoms with Gasteiger partial charge in [0, 0.05) is 14.7 Å². The van der Waals surface area contributed by atoms with Crippen molar-refractivity contribution in [2.45, 2.75) is 33.2 Å². The fraction of sp³-hybridized carbons (Fsp3) is 0.500. The van der Waals surface area contributed by atoms with Crippen molar-refractivity contribution >= 4 is 50.4 Å². The molecule has 1 heterocycles. The Morgan fingerprint density at radius 1 is 1.56 bits per heavy atom. The molecule has 0 radical (unpaired) electrons. The number of nitrogens with two attached hydrogens (primary N) is 1. The van der Waals surface area contributed by atoms with Gasteiger partial charge in [-0.15, -0.1) is 11.3 Å².